The van der Waals surface area contributed by atoms with E-state index in [9.17, 15) is 14.7 Å². The first-order valence-corrected chi connectivity index (χ1v) is 30.5. The minimum atomic E-state index is -0.525. The van der Waals surface area contributed by atoms with Gasteiger partial charge in [-0.2, -0.15) is 0 Å². The first kappa shape index (κ1) is 65.1. The number of amides is 2. The summed E-state index contributed by atoms with van der Waals surface area (Å²) < 4.78 is 48.2. The first-order chi connectivity index (χ1) is 41.0. The zero-order chi connectivity index (χ0) is 59.1. The van der Waals surface area contributed by atoms with E-state index in [0.717, 1.165) is 66.3 Å². The van der Waals surface area contributed by atoms with Gasteiger partial charge in [0, 0.05) is 57.1 Å². The number of nitrogens with zero attached hydrogens (tertiary/aromatic N) is 2. The molecule has 0 aliphatic carbocycles. The van der Waals surface area contributed by atoms with E-state index in [2.05, 4.69) is 32.9 Å². The number of benzene rings is 6. The maximum Gasteiger partial charge on any atom is 0.410 e. The molecule has 13 heteroatoms. The quantitative estimate of drug-likeness (QED) is 0.0432. The Morgan fingerprint density at radius 3 is 1.11 bits per heavy atom. The van der Waals surface area contributed by atoms with Crippen molar-refractivity contribution in [2.45, 2.75) is 144 Å². The maximum atomic E-state index is 13.0. The second-order valence-electron chi connectivity index (χ2n) is 22.6. The predicted molar refractivity (Wildman–Crippen MR) is 328 cm³/mol. The number of carbonyl (C=O) groups is 2. The van der Waals surface area contributed by atoms with E-state index >= 15 is 0 Å². The van der Waals surface area contributed by atoms with Crippen molar-refractivity contribution in [1.29, 1.82) is 0 Å². The van der Waals surface area contributed by atoms with Gasteiger partial charge in [0.15, 0.2) is 12.6 Å². The molecular formula is C71H92N2O11. The topological polar surface area (TPSA) is 135 Å². The molecule has 1 N–H and O–H groups in total. The summed E-state index contributed by atoms with van der Waals surface area (Å²) in [4.78, 5) is 29.5. The lowest BCUT2D eigenvalue weighted by Gasteiger charge is -2.43. The molecule has 0 aromatic heterocycles. The second-order valence-corrected chi connectivity index (χ2v) is 22.6. The van der Waals surface area contributed by atoms with Crippen molar-refractivity contribution in [1.82, 2.24) is 9.80 Å². The fourth-order valence-electron chi connectivity index (χ4n) is 10.5. The van der Waals surface area contributed by atoms with Crippen LogP contribution in [0.15, 0.2) is 182 Å². The van der Waals surface area contributed by atoms with Crippen LogP contribution >= 0.6 is 0 Å². The zero-order valence-corrected chi connectivity index (χ0v) is 50.2. The predicted octanol–water partition coefficient (Wildman–Crippen LogP) is 14.4. The zero-order valence-electron chi connectivity index (χ0n) is 50.2. The van der Waals surface area contributed by atoms with Gasteiger partial charge in [0.1, 0.15) is 13.2 Å². The molecular weight excluding hydrogens is 1060 g/mol. The highest BCUT2D eigenvalue weighted by molar-refractivity contribution is 5.68. The van der Waals surface area contributed by atoms with Gasteiger partial charge in [0.25, 0.3) is 0 Å². The molecule has 0 spiro atoms. The normalized spacial score (nSPS) is 22.0. The molecule has 2 heterocycles. The highest BCUT2D eigenvalue weighted by Gasteiger charge is 2.42. The van der Waals surface area contributed by atoms with Crippen LogP contribution < -0.4 is 0 Å². The fourth-order valence-corrected chi connectivity index (χ4v) is 10.5. The van der Waals surface area contributed by atoms with Crippen molar-refractivity contribution in [2.24, 2.45) is 29.6 Å². The number of rotatable bonds is 30. The molecule has 2 fully saturated rings. The molecule has 2 amide bonds. The van der Waals surface area contributed by atoms with Gasteiger partial charge >= 0.3 is 12.2 Å². The largest absolute Gasteiger partial charge is 0.445 e. The van der Waals surface area contributed by atoms with Crippen LogP contribution in [0.2, 0.25) is 0 Å². The number of ether oxygens (including phenoxy) is 8. The molecule has 84 heavy (non-hydrogen) atoms. The van der Waals surface area contributed by atoms with Gasteiger partial charge in [-0.3, -0.25) is 0 Å². The SMILES string of the molecule is CC1[C@H](OCCCCCN(Cc2ccccc2)C(=O)OCc2ccccc2)OC(COCc2ccccc2)[C@H](C)[C@@H]1C.CC1[C@H](OCCCCCN(Cc2ccccc2)C(=O)OCc2ccccc2)OC(COCc2ccccc2)[C@H](C)[C@@H]1O. The Hall–Kier alpha value is -6.42. The minimum Gasteiger partial charge on any atom is -0.445 e. The average molecular weight is 1150 g/mol. The van der Waals surface area contributed by atoms with E-state index in [1.165, 1.54) is 5.56 Å². The molecule has 452 valence electrons. The summed E-state index contributed by atoms with van der Waals surface area (Å²) in [5.74, 6) is 1.00. The average Bonchev–Trinajstić information content (AvgIpc) is 3.72. The molecule has 0 bridgehead atoms. The van der Waals surface area contributed by atoms with Gasteiger partial charge < -0.3 is 52.8 Å². The lowest BCUT2D eigenvalue weighted by atomic mass is 9.79. The van der Waals surface area contributed by atoms with Crippen LogP contribution in [0.4, 0.5) is 9.59 Å². The first-order valence-electron chi connectivity index (χ1n) is 30.5. The number of unbranched alkanes of at least 4 members (excludes halogenated alkanes) is 4. The van der Waals surface area contributed by atoms with Crippen LogP contribution in [-0.4, -0.2) is 97.5 Å². The lowest BCUT2D eigenvalue weighted by molar-refractivity contribution is -0.270. The third-order valence-electron chi connectivity index (χ3n) is 16.2. The highest BCUT2D eigenvalue weighted by Crippen LogP contribution is 2.36. The van der Waals surface area contributed by atoms with Crippen LogP contribution in [0, 0.1) is 29.6 Å². The molecule has 2 aliphatic heterocycles. The van der Waals surface area contributed by atoms with Gasteiger partial charge in [-0.25, -0.2) is 9.59 Å². The van der Waals surface area contributed by atoms with E-state index in [-0.39, 0.29) is 55.7 Å². The molecule has 8 rings (SSSR count). The van der Waals surface area contributed by atoms with E-state index in [1.54, 1.807) is 9.80 Å². The Bertz CT molecular complexity index is 2510. The lowest BCUT2D eigenvalue weighted by Crippen LogP contribution is -2.51. The summed E-state index contributed by atoms with van der Waals surface area (Å²) >= 11 is 0. The highest BCUT2D eigenvalue weighted by atomic mass is 16.7. The summed E-state index contributed by atoms with van der Waals surface area (Å²) in [6, 6.07) is 59.8. The van der Waals surface area contributed by atoms with Crippen LogP contribution in [0.5, 0.6) is 0 Å². The van der Waals surface area contributed by atoms with Crippen LogP contribution in [0.1, 0.15) is 107 Å². The molecule has 2 aliphatic rings. The van der Waals surface area contributed by atoms with Crippen molar-refractivity contribution in [3.05, 3.63) is 215 Å². The summed E-state index contributed by atoms with van der Waals surface area (Å²) in [6.45, 7) is 16.7. The Labute approximate surface area is 500 Å². The van der Waals surface area contributed by atoms with Crippen molar-refractivity contribution in [3.8, 4) is 0 Å². The van der Waals surface area contributed by atoms with Crippen LogP contribution in [-0.2, 0) is 77.4 Å². The third kappa shape index (κ3) is 22.2. The van der Waals surface area contributed by atoms with Gasteiger partial charge in [0.05, 0.1) is 44.7 Å². The Balaban J connectivity index is 0.000000241. The number of carbonyl (C=O) groups excluding carboxylic acids is 2. The van der Waals surface area contributed by atoms with Gasteiger partial charge in [-0.15, -0.1) is 0 Å². The third-order valence-corrected chi connectivity index (χ3v) is 16.2. The Kier molecular flexibility index (Phi) is 28.2. The number of hydrogen-bond donors (Lipinski definition) is 1. The van der Waals surface area contributed by atoms with Gasteiger partial charge in [-0.1, -0.05) is 217 Å². The van der Waals surface area contributed by atoms with Gasteiger partial charge in [0.2, 0.25) is 0 Å². The number of hydrogen-bond acceptors (Lipinski definition) is 11. The summed E-state index contributed by atoms with van der Waals surface area (Å²) in [7, 11) is 0. The Morgan fingerprint density at radius 2 is 0.726 bits per heavy atom. The van der Waals surface area contributed by atoms with Crippen molar-refractivity contribution in [3.63, 3.8) is 0 Å². The summed E-state index contributed by atoms with van der Waals surface area (Å²) in [6.07, 6.45) is 3.21. The molecule has 6 aromatic carbocycles. The molecule has 2 saturated heterocycles. The van der Waals surface area contributed by atoms with E-state index in [4.69, 9.17) is 37.9 Å². The van der Waals surface area contributed by atoms with Gasteiger partial charge in [-0.05, 0) is 83.7 Å². The number of aliphatic hydroxyl groups excluding tert-OH is 1. The fraction of sp³-hybridized carbons (Fsp3) is 0.465. The molecule has 10 atom stereocenters. The van der Waals surface area contributed by atoms with E-state index in [1.807, 2.05) is 184 Å². The van der Waals surface area contributed by atoms with Crippen molar-refractivity contribution >= 4 is 12.2 Å². The monoisotopic (exact) mass is 1150 g/mol. The van der Waals surface area contributed by atoms with E-state index < -0.39 is 12.4 Å². The van der Waals surface area contributed by atoms with E-state index in [0.29, 0.717) is 83.6 Å². The number of aliphatic hydroxyl groups is 1. The van der Waals surface area contributed by atoms with Crippen LogP contribution in [0.3, 0.4) is 0 Å². The summed E-state index contributed by atoms with van der Waals surface area (Å²) in [5.41, 5.74) is 6.38. The minimum absolute atomic E-state index is 0.0124. The molecule has 6 aromatic rings. The molecule has 0 saturated carbocycles. The molecule has 13 nitrogen and oxygen atoms in total. The van der Waals surface area contributed by atoms with Crippen LogP contribution in [0.25, 0.3) is 0 Å². The second kappa shape index (κ2) is 36.4. The Morgan fingerprint density at radius 1 is 0.393 bits per heavy atom. The van der Waals surface area contributed by atoms with Crippen molar-refractivity contribution in [2.75, 3.05) is 39.5 Å². The molecule has 0 radical (unpaired) electrons. The maximum absolute atomic E-state index is 13.0. The van der Waals surface area contributed by atoms with Crippen molar-refractivity contribution < 1.29 is 52.6 Å². The summed E-state index contributed by atoms with van der Waals surface area (Å²) in [5, 5.41) is 10.8. The smallest absolute Gasteiger partial charge is 0.410 e. The molecule has 4 unspecified atom stereocenters. The standard InChI is InChI=1S/C36H47NO5.C35H45NO6/c1-28-29(2)34(27-39-25-32-18-10-5-11-19-32)42-35(30(28)3)40-23-15-7-14-22-37(24-31-16-8-4-9-17-31)36(38)41-26-33-20-12-6-13-21-33;1-27-32(26-39-24-30-17-9-4-10-18-30)42-34(28(2)33(27)37)40-22-14-6-13-21-36(23-29-15-7-3-8-16-29)35(38)41-25-31-19-11-5-12-20-31/h4-6,8-13,16-21,28-30,34-35H,7,14-15,22-27H2,1-3H3;3-5,7-12,15-20,27-28,32-34,37H,6,13-14,21-26H2,1-2H3/t28-,29+,30?,34?,35+;27-,28?,32?,33-,34+/m00/s1.